The third-order valence-electron chi connectivity index (χ3n) is 4.16. The number of likely N-dealkylation sites (tertiary alicyclic amines) is 1. The van der Waals surface area contributed by atoms with Crippen molar-refractivity contribution >= 4 is 11.7 Å². The number of amides is 1. The number of ketones is 1. The van der Waals surface area contributed by atoms with Crippen molar-refractivity contribution in [1.82, 2.24) is 4.90 Å². The maximum atomic E-state index is 12.4. The third-order valence-corrected chi connectivity index (χ3v) is 4.16. The van der Waals surface area contributed by atoms with Crippen LogP contribution in [-0.4, -0.2) is 48.7 Å². The summed E-state index contributed by atoms with van der Waals surface area (Å²) in [6, 6.07) is 6.83. The van der Waals surface area contributed by atoms with Gasteiger partial charge in [-0.15, -0.1) is 0 Å². The molecule has 0 saturated carbocycles. The molecule has 0 unspecified atom stereocenters. The molecular formula is C16H19NO4. The van der Waals surface area contributed by atoms with Crippen LogP contribution in [0.15, 0.2) is 24.3 Å². The molecule has 2 saturated heterocycles. The number of piperidine rings is 1. The zero-order valence-corrected chi connectivity index (χ0v) is 12.1. The number of carbonyl (C=O) groups is 2. The van der Waals surface area contributed by atoms with E-state index in [1.807, 2.05) is 4.90 Å². The molecule has 2 aliphatic heterocycles. The summed E-state index contributed by atoms with van der Waals surface area (Å²) < 4.78 is 11.3. The van der Waals surface area contributed by atoms with Crippen LogP contribution >= 0.6 is 0 Å². The predicted octanol–water partition coefficient (Wildman–Crippen LogP) is 1.87. The summed E-state index contributed by atoms with van der Waals surface area (Å²) in [5.41, 5.74) is 1.24. The van der Waals surface area contributed by atoms with Crippen molar-refractivity contribution in [2.45, 2.75) is 25.6 Å². The number of rotatable bonds is 2. The number of benzene rings is 1. The Morgan fingerprint density at radius 2 is 1.52 bits per heavy atom. The highest BCUT2D eigenvalue weighted by Gasteiger charge is 2.40. The Labute approximate surface area is 123 Å². The van der Waals surface area contributed by atoms with Gasteiger partial charge in [-0.3, -0.25) is 9.59 Å². The number of hydrogen-bond donors (Lipinski definition) is 0. The zero-order valence-electron chi connectivity index (χ0n) is 12.1. The smallest absolute Gasteiger partial charge is 0.253 e. The Morgan fingerprint density at radius 1 is 1.00 bits per heavy atom. The van der Waals surface area contributed by atoms with E-state index >= 15 is 0 Å². The van der Waals surface area contributed by atoms with Crippen molar-refractivity contribution in [1.29, 1.82) is 0 Å². The van der Waals surface area contributed by atoms with Gasteiger partial charge in [0.25, 0.3) is 5.91 Å². The van der Waals surface area contributed by atoms with Crippen molar-refractivity contribution in [3.63, 3.8) is 0 Å². The van der Waals surface area contributed by atoms with Crippen LogP contribution in [0, 0.1) is 0 Å². The van der Waals surface area contributed by atoms with Gasteiger partial charge in [-0.2, -0.15) is 0 Å². The number of ether oxygens (including phenoxy) is 2. The molecule has 0 aromatic heterocycles. The second kappa shape index (κ2) is 5.58. The molecule has 1 amide bonds. The van der Waals surface area contributed by atoms with Gasteiger partial charge in [0.2, 0.25) is 0 Å². The molecule has 0 aliphatic carbocycles. The maximum Gasteiger partial charge on any atom is 0.253 e. The molecule has 112 valence electrons. The Balaban J connectivity index is 1.64. The van der Waals surface area contributed by atoms with Crippen LogP contribution in [-0.2, 0) is 9.47 Å². The van der Waals surface area contributed by atoms with E-state index in [9.17, 15) is 9.59 Å². The van der Waals surface area contributed by atoms with E-state index in [1.165, 1.54) is 6.92 Å². The van der Waals surface area contributed by atoms with Crippen molar-refractivity contribution in [3.05, 3.63) is 35.4 Å². The van der Waals surface area contributed by atoms with Crippen LogP contribution < -0.4 is 0 Å². The SMILES string of the molecule is CC(=O)c1ccc(C(=O)N2CCC3(CC2)OCCO3)cc1. The highest BCUT2D eigenvalue weighted by molar-refractivity contribution is 5.97. The van der Waals surface area contributed by atoms with Crippen LogP contribution in [0.25, 0.3) is 0 Å². The standard InChI is InChI=1S/C16H19NO4/c1-12(18)13-2-4-14(5-3-13)15(19)17-8-6-16(7-9-17)20-10-11-21-16/h2-5H,6-11H2,1H3. The topological polar surface area (TPSA) is 55.8 Å². The van der Waals surface area contributed by atoms with Gasteiger partial charge < -0.3 is 14.4 Å². The van der Waals surface area contributed by atoms with Crippen LogP contribution in [0.2, 0.25) is 0 Å². The summed E-state index contributed by atoms with van der Waals surface area (Å²) in [5, 5.41) is 0. The molecule has 1 aromatic rings. The summed E-state index contributed by atoms with van der Waals surface area (Å²) in [6.45, 7) is 4.06. The third kappa shape index (κ3) is 2.84. The molecule has 1 spiro atoms. The van der Waals surface area contributed by atoms with E-state index in [1.54, 1.807) is 24.3 Å². The first-order valence-corrected chi connectivity index (χ1v) is 7.28. The van der Waals surface area contributed by atoms with E-state index in [0.717, 1.165) is 0 Å². The highest BCUT2D eigenvalue weighted by Crippen LogP contribution is 2.31. The monoisotopic (exact) mass is 289 g/mol. The van der Waals surface area contributed by atoms with E-state index in [4.69, 9.17) is 9.47 Å². The summed E-state index contributed by atoms with van der Waals surface area (Å²) in [7, 11) is 0. The van der Waals surface area contributed by atoms with Crippen molar-refractivity contribution in [2.75, 3.05) is 26.3 Å². The lowest BCUT2D eigenvalue weighted by molar-refractivity contribution is -0.181. The van der Waals surface area contributed by atoms with E-state index in [-0.39, 0.29) is 11.7 Å². The second-order valence-corrected chi connectivity index (χ2v) is 5.53. The predicted molar refractivity (Wildman–Crippen MR) is 76.2 cm³/mol. The minimum absolute atomic E-state index is 0.00190. The molecule has 0 N–H and O–H groups in total. The van der Waals surface area contributed by atoms with Gasteiger partial charge in [0, 0.05) is 37.1 Å². The molecule has 2 heterocycles. The Bertz CT molecular complexity index is 536. The summed E-state index contributed by atoms with van der Waals surface area (Å²) in [5.74, 6) is -0.461. The van der Waals surface area contributed by atoms with Gasteiger partial charge in [0.05, 0.1) is 13.2 Å². The van der Waals surface area contributed by atoms with Crippen molar-refractivity contribution < 1.29 is 19.1 Å². The van der Waals surface area contributed by atoms with E-state index in [0.29, 0.717) is 50.3 Å². The average molecular weight is 289 g/mol. The number of hydrogen-bond acceptors (Lipinski definition) is 4. The van der Waals surface area contributed by atoms with Crippen LogP contribution in [0.5, 0.6) is 0 Å². The van der Waals surface area contributed by atoms with Gasteiger partial charge in [0.15, 0.2) is 11.6 Å². The minimum Gasteiger partial charge on any atom is -0.347 e. The van der Waals surface area contributed by atoms with Crippen LogP contribution in [0.4, 0.5) is 0 Å². The molecule has 0 atom stereocenters. The van der Waals surface area contributed by atoms with Gasteiger partial charge in [0.1, 0.15) is 0 Å². The first kappa shape index (κ1) is 14.2. The Kier molecular flexibility index (Phi) is 3.78. The Morgan fingerprint density at radius 3 is 2.05 bits per heavy atom. The van der Waals surface area contributed by atoms with Crippen molar-refractivity contribution in [3.8, 4) is 0 Å². The normalized spacial score (nSPS) is 20.7. The largest absolute Gasteiger partial charge is 0.347 e. The van der Waals surface area contributed by atoms with Crippen LogP contribution in [0.1, 0.15) is 40.5 Å². The van der Waals surface area contributed by atoms with Gasteiger partial charge in [-0.25, -0.2) is 0 Å². The number of Topliss-reactive ketones (excluding diaryl/α,β-unsaturated/α-hetero) is 1. The molecule has 0 radical (unpaired) electrons. The first-order valence-electron chi connectivity index (χ1n) is 7.28. The molecule has 5 nitrogen and oxygen atoms in total. The molecule has 3 rings (SSSR count). The first-order chi connectivity index (χ1) is 10.1. The quantitative estimate of drug-likeness (QED) is 0.780. The molecule has 0 bridgehead atoms. The minimum atomic E-state index is -0.463. The fourth-order valence-electron chi connectivity index (χ4n) is 2.87. The lowest BCUT2D eigenvalue weighted by atomic mass is 10.0. The molecule has 5 heteroatoms. The fourth-order valence-corrected chi connectivity index (χ4v) is 2.87. The summed E-state index contributed by atoms with van der Waals surface area (Å²) in [4.78, 5) is 25.5. The Hall–Kier alpha value is -1.72. The molecular weight excluding hydrogens is 270 g/mol. The molecule has 1 aromatic carbocycles. The fraction of sp³-hybridized carbons (Fsp3) is 0.500. The van der Waals surface area contributed by atoms with E-state index < -0.39 is 5.79 Å². The van der Waals surface area contributed by atoms with Gasteiger partial charge in [-0.05, 0) is 19.1 Å². The second-order valence-electron chi connectivity index (χ2n) is 5.53. The highest BCUT2D eigenvalue weighted by atomic mass is 16.7. The van der Waals surface area contributed by atoms with Gasteiger partial charge >= 0.3 is 0 Å². The lowest BCUT2D eigenvalue weighted by Gasteiger charge is -2.37. The molecule has 21 heavy (non-hydrogen) atoms. The van der Waals surface area contributed by atoms with E-state index in [2.05, 4.69) is 0 Å². The summed E-state index contributed by atoms with van der Waals surface area (Å²) >= 11 is 0. The number of carbonyl (C=O) groups excluding carboxylic acids is 2. The van der Waals surface area contributed by atoms with Crippen LogP contribution in [0.3, 0.4) is 0 Å². The molecule has 2 aliphatic rings. The molecule has 2 fully saturated rings. The summed E-state index contributed by atoms with van der Waals surface area (Å²) in [6.07, 6.45) is 1.43. The average Bonchev–Trinajstić information content (AvgIpc) is 2.96. The number of nitrogens with zero attached hydrogens (tertiary/aromatic N) is 1. The zero-order chi connectivity index (χ0) is 14.9. The lowest BCUT2D eigenvalue weighted by Crippen LogP contribution is -2.47. The van der Waals surface area contributed by atoms with Gasteiger partial charge in [-0.1, -0.05) is 12.1 Å². The van der Waals surface area contributed by atoms with Crippen molar-refractivity contribution in [2.24, 2.45) is 0 Å². The maximum absolute atomic E-state index is 12.4.